The Morgan fingerprint density at radius 3 is 2.71 bits per heavy atom. The van der Waals surface area contributed by atoms with Gasteiger partial charge in [0.15, 0.2) is 0 Å². The fourth-order valence-electron chi connectivity index (χ4n) is 2.04. The summed E-state index contributed by atoms with van der Waals surface area (Å²) in [6, 6.07) is 2.37. The predicted molar refractivity (Wildman–Crippen MR) is 64.3 cm³/mol. The highest BCUT2D eigenvalue weighted by Crippen LogP contribution is 2.29. The number of H-pyrrole nitrogens is 1. The Morgan fingerprint density at radius 2 is 2.07 bits per heavy atom. The van der Waals surface area contributed by atoms with Crippen LogP contribution in [-0.4, -0.2) is 10.3 Å². The maximum absolute atomic E-state index is 3.59. The van der Waals surface area contributed by atoms with E-state index in [1.54, 1.807) is 5.56 Å². The summed E-state index contributed by atoms with van der Waals surface area (Å²) in [4.78, 5) is 3.59. The van der Waals surface area contributed by atoms with Crippen LogP contribution in [0.5, 0.6) is 0 Å². The lowest BCUT2D eigenvalue weighted by Gasteiger charge is -2.19. The van der Waals surface area contributed by atoms with Crippen LogP contribution in [0.3, 0.4) is 0 Å². The van der Waals surface area contributed by atoms with Crippen LogP contribution in [0.4, 0.5) is 0 Å². The van der Waals surface area contributed by atoms with Crippen molar-refractivity contribution in [2.24, 2.45) is 0 Å². The molecule has 0 bridgehead atoms. The van der Waals surface area contributed by atoms with E-state index < -0.39 is 0 Å². The number of rotatable bonds is 2. The fraction of sp³-hybridized carbons (Fsp3) is 0.667. The first-order chi connectivity index (χ1) is 6.63. The standard InChI is InChI=1S/C12H18BrN/c1-12(2,8-13)11-7-9-5-3-4-6-10(9)14-11/h7,14H,3-6,8H2,1-2H3. The van der Waals surface area contributed by atoms with Crippen molar-refractivity contribution >= 4 is 15.9 Å². The third-order valence-corrected chi connectivity index (χ3v) is 4.58. The molecular formula is C12H18BrN. The SMILES string of the molecule is CC(C)(CBr)c1cc2c([nH]1)CCCC2. The molecule has 0 saturated heterocycles. The van der Waals surface area contributed by atoms with Crippen LogP contribution in [0.1, 0.15) is 43.6 Å². The summed E-state index contributed by atoms with van der Waals surface area (Å²) < 4.78 is 0. The monoisotopic (exact) mass is 255 g/mol. The van der Waals surface area contributed by atoms with Crippen molar-refractivity contribution in [3.63, 3.8) is 0 Å². The van der Waals surface area contributed by atoms with Gasteiger partial charge in [0.05, 0.1) is 0 Å². The first-order valence-corrected chi connectivity index (χ1v) is 6.53. The van der Waals surface area contributed by atoms with Gasteiger partial charge >= 0.3 is 0 Å². The van der Waals surface area contributed by atoms with Gasteiger partial charge < -0.3 is 4.98 Å². The van der Waals surface area contributed by atoms with Crippen molar-refractivity contribution in [1.29, 1.82) is 0 Å². The smallest absolute Gasteiger partial charge is 0.0217 e. The summed E-state index contributed by atoms with van der Waals surface area (Å²) in [6.07, 6.45) is 5.22. The van der Waals surface area contributed by atoms with E-state index in [-0.39, 0.29) is 5.41 Å². The van der Waals surface area contributed by atoms with E-state index in [0.717, 1.165) is 5.33 Å². The molecule has 0 saturated carbocycles. The summed E-state index contributed by atoms with van der Waals surface area (Å²) in [5, 5.41) is 1.01. The minimum Gasteiger partial charge on any atom is -0.362 e. The average Bonchev–Trinajstić information content (AvgIpc) is 2.61. The van der Waals surface area contributed by atoms with Gasteiger partial charge in [-0.1, -0.05) is 29.8 Å². The van der Waals surface area contributed by atoms with Crippen molar-refractivity contribution in [3.8, 4) is 0 Å². The number of aryl methyl sites for hydroxylation is 2. The second kappa shape index (κ2) is 3.73. The minimum atomic E-state index is 0.233. The number of hydrogen-bond donors (Lipinski definition) is 1. The largest absolute Gasteiger partial charge is 0.362 e. The van der Waals surface area contributed by atoms with Crippen molar-refractivity contribution in [2.45, 2.75) is 44.9 Å². The van der Waals surface area contributed by atoms with Gasteiger partial charge in [-0.15, -0.1) is 0 Å². The summed E-state index contributed by atoms with van der Waals surface area (Å²) >= 11 is 3.58. The van der Waals surface area contributed by atoms with Gasteiger partial charge in [-0.05, 0) is 37.3 Å². The molecule has 14 heavy (non-hydrogen) atoms. The molecule has 0 aliphatic heterocycles. The van der Waals surface area contributed by atoms with E-state index in [2.05, 4.69) is 40.8 Å². The van der Waals surface area contributed by atoms with Gasteiger partial charge in [0, 0.05) is 22.1 Å². The number of aromatic amines is 1. The molecule has 1 N–H and O–H groups in total. The predicted octanol–water partition coefficient (Wildman–Crippen LogP) is 3.57. The van der Waals surface area contributed by atoms with Gasteiger partial charge in [0.25, 0.3) is 0 Å². The summed E-state index contributed by atoms with van der Waals surface area (Å²) in [6.45, 7) is 4.55. The van der Waals surface area contributed by atoms with Crippen molar-refractivity contribution in [2.75, 3.05) is 5.33 Å². The second-order valence-electron chi connectivity index (χ2n) is 4.91. The Bertz CT molecular complexity index is 302. The lowest BCUT2D eigenvalue weighted by Crippen LogP contribution is -2.19. The molecule has 0 aromatic carbocycles. The lowest BCUT2D eigenvalue weighted by molar-refractivity contribution is 0.585. The molecule has 1 aliphatic rings. The minimum absolute atomic E-state index is 0.233. The highest BCUT2D eigenvalue weighted by atomic mass is 79.9. The first kappa shape index (κ1) is 10.3. The zero-order valence-electron chi connectivity index (χ0n) is 8.99. The number of aromatic nitrogens is 1. The van der Waals surface area contributed by atoms with E-state index in [4.69, 9.17) is 0 Å². The van der Waals surface area contributed by atoms with E-state index in [1.807, 2.05) is 0 Å². The van der Waals surface area contributed by atoms with Crippen LogP contribution >= 0.6 is 15.9 Å². The fourth-order valence-corrected chi connectivity index (χ4v) is 2.34. The molecule has 1 heterocycles. The molecule has 0 unspecified atom stereocenters. The average molecular weight is 256 g/mol. The molecule has 0 radical (unpaired) electrons. The van der Waals surface area contributed by atoms with E-state index >= 15 is 0 Å². The van der Waals surface area contributed by atoms with Crippen LogP contribution < -0.4 is 0 Å². The Balaban J connectivity index is 2.32. The summed E-state index contributed by atoms with van der Waals surface area (Å²) in [5.41, 5.74) is 4.67. The molecule has 0 fully saturated rings. The normalized spacial score (nSPS) is 16.8. The Hall–Kier alpha value is -0.240. The van der Waals surface area contributed by atoms with Crippen LogP contribution in [0.25, 0.3) is 0 Å². The lowest BCUT2D eigenvalue weighted by atomic mass is 9.91. The summed E-state index contributed by atoms with van der Waals surface area (Å²) in [5.74, 6) is 0. The topological polar surface area (TPSA) is 15.8 Å². The highest BCUT2D eigenvalue weighted by molar-refractivity contribution is 9.09. The van der Waals surface area contributed by atoms with Crippen LogP contribution in [-0.2, 0) is 18.3 Å². The maximum Gasteiger partial charge on any atom is 0.0217 e. The number of halogens is 1. The number of nitrogens with one attached hydrogen (secondary N) is 1. The number of alkyl halides is 1. The third-order valence-electron chi connectivity index (χ3n) is 3.18. The van der Waals surface area contributed by atoms with E-state index in [9.17, 15) is 0 Å². The second-order valence-corrected chi connectivity index (χ2v) is 5.47. The maximum atomic E-state index is 3.59. The number of fused-ring (bicyclic) bond motifs is 1. The van der Waals surface area contributed by atoms with Crippen molar-refractivity contribution < 1.29 is 0 Å². The Kier molecular flexibility index (Phi) is 2.74. The van der Waals surface area contributed by atoms with Crippen molar-refractivity contribution in [1.82, 2.24) is 4.98 Å². The van der Waals surface area contributed by atoms with Crippen LogP contribution in [0, 0.1) is 0 Å². The Labute approximate surface area is 94.4 Å². The molecule has 2 heteroatoms. The third kappa shape index (κ3) is 1.77. The molecule has 1 nitrogen and oxygen atoms in total. The molecule has 0 atom stereocenters. The molecule has 2 rings (SSSR count). The van der Waals surface area contributed by atoms with Gasteiger partial charge in [0.2, 0.25) is 0 Å². The zero-order chi connectivity index (χ0) is 10.2. The molecule has 1 aromatic heterocycles. The Morgan fingerprint density at radius 1 is 1.36 bits per heavy atom. The number of hydrogen-bond acceptors (Lipinski definition) is 0. The first-order valence-electron chi connectivity index (χ1n) is 5.41. The quantitative estimate of drug-likeness (QED) is 0.778. The van der Waals surface area contributed by atoms with Gasteiger partial charge in [-0.2, -0.15) is 0 Å². The molecule has 1 aliphatic carbocycles. The molecular weight excluding hydrogens is 238 g/mol. The van der Waals surface area contributed by atoms with Crippen LogP contribution in [0.15, 0.2) is 6.07 Å². The molecule has 1 aromatic rings. The molecule has 78 valence electrons. The highest BCUT2D eigenvalue weighted by Gasteiger charge is 2.23. The van der Waals surface area contributed by atoms with Gasteiger partial charge in [0.1, 0.15) is 0 Å². The molecule has 0 spiro atoms. The van der Waals surface area contributed by atoms with E-state index in [0.29, 0.717) is 0 Å². The van der Waals surface area contributed by atoms with Gasteiger partial charge in [-0.25, -0.2) is 0 Å². The van der Waals surface area contributed by atoms with Crippen LogP contribution in [0.2, 0.25) is 0 Å². The summed E-state index contributed by atoms with van der Waals surface area (Å²) in [7, 11) is 0. The van der Waals surface area contributed by atoms with E-state index in [1.165, 1.54) is 37.1 Å². The van der Waals surface area contributed by atoms with Crippen molar-refractivity contribution in [3.05, 3.63) is 23.0 Å². The van der Waals surface area contributed by atoms with Gasteiger partial charge in [-0.3, -0.25) is 0 Å². The zero-order valence-corrected chi connectivity index (χ0v) is 10.6. The molecule has 0 amide bonds.